The number of benzene rings is 1. The third-order valence-corrected chi connectivity index (χ3v) is 4.45. The van der Waals surface area contributed by atoms with Gasteiger partial charge in [-0.25, -0.2) is 0 Å². The minimum absolute atomic E-state index is 0.567. The fourth-order valence-corrected chi connectivity index (χ4v) is 3.16. The lowest BCUT2D eigenvalue weighted by molar-refractivity contribution is 0.268. The molecule has 0 atom stereocenters. The molecule has 2 rings (SSSR count). The van der Waals surface area contributed by atoms with Crippen molar-refractivity contribution in [3.63, 3.8) is 0 Å². The molecule has 0 heterocycles. The summed E-state index contributed by atoms with van der Waals surface area (Å²) in [4.78, 5) is 0. The Labute approximate surface area is 117 Å². The van der Waals surface area contributed by atoms with Crippen molar-refractivity contribution >= 4 is 0 Å². The molecule has 0 aromatic heterocycles. The molecule has 0 aliphatic heterocycles. The molecule has 2 nitrogen and oxygen atoms in total. The standard InChI is InChI=1S/C17H27NO/c1-3-17(10-5-6-11-17)14-18-13-15-8-7-9-16(12-15)19-4-2/h7-9,12,18H,3-6,10-11,13-14H2,1-2H3. The van der Waals surface area contributed by atoms with Crippen LogP contribution in [-0.2, 0) is 6.54 Å². The molecular formula is C17H27NO. The van der Waals surface area contributed by atoms with Gasteiger partial charge < -0.3 is 10.1 Å². The molecule has 1 N–H and O–H groups in total. The summed E-state index contributed by atoms with van der Waals surface area (Å²) in [6, 6.07) is 8.41. The van der Waals surface area contributed by atoms with Crippen LogP contribution in [0.5, 0.6) is 5.75 Å². The van der Waals surface area contributed by atoms with E-state index in [2.05, 4.69) is 30.4 Å². The maximum Gasteiger partial charge on any atom is 0.119 e. The molecular weight excluding hydrogens is 234 g/mol. The molecule has 2 heteroatoms. The number of rotatable bonds is 7. The maximum atomic E-state index is 5.54. The van der Waals surface area contributed by atoms with E-state index < -0.39 is 0 Å². The topological polar surface area (TPSA) is 21.3 Å². The fraction of sp³-hybridized carbons (Fsp3) is 0.647. The first-order valence-corrected chi connectivity index (χ1v) is 7.70. The molecule has 1 aliphatic carbocycles. The molecule has 0 unspecified atom stereocenters. The highest BCUT2D eigenvalue weighted by Crippen LogP contribution is 2.40. The zero-order valence-corrected chi connectivity index (χ0v) is 12.4. The van der Waals surface area contributed by atoms with Crippen molar-refractivity contribution in [2.24, 2.45) is 5.41 Å². The van der Waals surface area contributed by atoms with Gasteiger partial charge in [-0.2, -0.15) is 0 Å². The van der Waals surface area contributed by atoms with Crippen molar-refractivity contribution in [3.05, 3.63) is 29.8 Å². The second-order valence-electron chi connectivity index (χ2n) is 5.74. The predicted octanol–water partition coefficient (Wildman–Crippen LogP) is 4.15. The molecule has 1 saturated carbocycles. The average Bonchev–Trinajstić information content (AvgIpc) is 2.89. The van der Waals surface area contributed by atoms with E-state index in [0.29, 0.717) is 5.41 Å². The Hall–Kier alpha value is -1.02. The van der Waals surface area contributed by atoms with Crippen LogP contribution in [0.4, 0.5) is 0 Å². The van der Waals surface area contributed by atoms with Crippen LogP contribution in [-0.4, -0.2) is 13.2 Å². The zero-order valence-electron chi connectivity index (χ0n) is 12.4. The lowest BCUT2D eigenvalue weighted by atomic mass is 9.83. The quantitative estimate of drug-likeness (QED) is 0.796. The number of hydrogen-bond acceptors (Lipinski definition) is 2. The fourth-order valence-electron chi connectivity index (χ4n) is 3.16. The van der Waals surface area contributed by atoms with Gasteiger partial charge in [-0.15, -0.1) is 0 Å². The van der Waals surface area contributed by atoms with Crippen LogP contribution in [0.2, 0.25) is 0 Å². The Morgan fingerprint density at radius 3 is 2.68 bits per heavy atom. The molecule has 1 aliphatic rings. The summed E-state index contributed by atoms with van der Waals surface area (Å²) >= 11 is 0. The summed E-state index contributed by atoms with van der Waals surface area (Å²) < 4.78 is 5.54. The van der Waals surface area contributed by atoms with Crippen LogP contribution in [0.15, 0.2) is 24.3 Å². The molecule has 1 aromatic rings. The first-order chi connectivity index (χ1) is 9.28. The highest BCUT2D eigenvalue weighted by Gasteiger charge is 2.31. The summed E-state index contributed by atoms with van der Waals surface area (Å²) in [6.45, 7) is 7.19. The van der Waals surface area contributed by atoms with E-state index in [-0.39, 0.29) is 0 Å². The molecule has 1 fully saturated rings. The van der Waals surface area contributed by atoms with Crippen molar-refractivity contribution in [1.82, 2.24) is 5.32 Å². The van der Waals surface area contributed by atoms with Gasteiger partial charge in [0.2, 0.25) is 0 Å². The Morgan fingerprint density at radius 1 is 1.21 bits per heavy atom. The van der Waals surface area contributed by atoms with Crippen LogP contribution in [0.3, 0.4) is 0 Å². The van der Waals surface area contributed by atoms with E-state index in [1.54, 1.807) is 0 Å². The third-order valence-electron chi connectivity index (χ3n) is 4.45. The van der Waals surface area contributed by atoms with E-state index >= 15 is 0 Å². The highest BCUT2D eigenvalue weighted by molar-refractivity contribution is 5.28. The Morgan fingerprint density at radius 2 is 2.00 bits per heavy atom. The summed E-state index contributed by atoms with van der Waals surface area (Å²) in [5, 5.41) is 3.65. The summed E-state index contributed by atoms with van der Waals surface area (Å²) in [5.41, 5.74) is 1.88. The number of hydrogen-bond donors (Lipinski definition) is 1. The smallest absolute Gasteiger partial charge is 0.119 e. The van der Waals surface area contributed by atoms with Crippen molar-refractivity contribution in [1.29, 1.82) is 0 Å². The van der Waals surface area contributed by atoms with Gasteiger partial charge in [0.15, 0.2) is 0 Å². The van der Waals surface area contributed by atoms with Crippen LogP contribution in [0.1, 0.15) is 51.5 Å². The minimum Gasteiger partial charge on any atom is -0.494 e. The van der Waals surface area contributed by atoms with E-state index in [0.717, 1.165) is 25.4 Å². The number of ether oxygens (including phenoxy) is 1. The van der Waals surface area contributed by atoms with Crippen molar-refractivity contribution < 1.29 is 4.74 Å². The van der Waals surface area contributed by atoms with Crippen LogP contribution >= 0.6 is 0 Å². The third kappa shape index (κ3) is 3.97. The van der Waals surface area contributed by atoms with Gasteiger partial charge in [-0.05, 0) is 49.3 Å². The Balaban J connectivity index is 1.83. The van der Waals surface area contributed by atoms with E-state index in [4.69, 9.17) is 4.74 Å². The van der Waals surface area contributed by atoms with Gasteiger partial charge in [-0.1, -0.05) is 31.9 Å². The lowest BCUT2D eigenvalue weighted by Crippen LogP contribution is -2.31. The summed E-state index contributed by atoms with van der Waals surface area (Å²) in [5.74, 6) is 0.980. The summed E-state index contributed by atoms with van der Waals surface area (Å²) in [6.07, 6.45) is 6.93. The molecule has 0 spiro atoms. The molecule has 1 aromatic carbocycles. The minimum atomic E-state index is 0.567. The molecule has 0 amide bonds. The van der Waals surface area contributed by atoms with Crippen molar-refractivity contribution in [3.8, 4) is 5.75 Å². The highest BCUT2D eigenvalue weighted by atomic mass is 16.5. The monoisotopic (exact) mass is 261 g/mol. The number of nitrogens with one attached hydrogen (secondary N) is 1. The molecule has 19 heavy (non-hydrogen) atoms. The first kappa shape index (κ1) is 14.4. The normalized spacial score (nSPS) is 17.6. The van der Waals surface area contributed by atoms with Crippen LogP contribution in [0, 0.1) is 5.41 Å². The molecule has 0 radical (unpaired) electrons. The van der Waals surface area contributed by atoms with Gasteiger partial charge in [0.05, 0.1) is 6.61 Å². The van der Waals surface area contributed by atoms with Gasteiger partial charge in [0.25, 0.3) is 0 Å². The van der Waals surface area contributed by atoms with E-state index in [1.165, 1.54) is 37.7 Å². The van der Waals surface area contributed by atoms with Gasteiger partial charge in [0, 0.05) is 13.1 Å². The molecule has 106 valence electrons. The Kier molecular flexibility index (Phi) is 5.26. The molecule has 0 saturated heterocycles. The van der Waals surface area contributed by atoms with Gasteiger partial charge >= 0.3 is 0 Å². The van der Waals surface area contributed by atoms with Gasteiger partial charge in [0.1, 0.15) is 5.75 Å². The molecule has 0 bridgehead atoms. The lowest BCUT2D eigenvalue weighted by Gasteiger charge is -2.27. The zero-order chi connectivity index (χ0) is 13.6. The van der Waals surface area contributed by atoms with E-state index in [1.807, 2.05) is 13.0 Å². The average molecular weight is 261 g/mol. The van der Waals surface area contributed by atoms with Crippen LogP contribution in [0.25, 0.3) is 0 Å². The Bertz CT molecular complexity index is 383. The van der Waals surface area contributed by atoms with E-state index in [9.17, 15) is 0 Å². The largest absolute Gasteiger partial charge is 0.494 e. The predicted molar refractivity (Wildman–Crippen MR) is 80.5 cm³/mol. The summed E-state index contributed by atoms with van der Waals surface area (Å²) in [7, 11) is 0. The van der Waals surface area contributed by atoms with Gasteiger partial charge in [-0.3, -0.25) is 0 Å². The SMILES string of the molecule is CCOc1cccc(CNCC2(CC)CCCC2)c1. The van der Waals surface area contributed by atoms with Crippen LogP contribution < -0.4 is 10.1 Å². The second kappa shape index (κ2) is 6.95. The first-order valence-electron chi connectivity index (χ1n) is 7.70. The maximum absolute atomic E-state index is 5.54. The second-order valence-corrected chi connectivity index (χ2v) is 5.74. The van der Waals surface area contributed by atoms with Crippen molar-refractivity contribution in [2.45, 2.75) is 52.5 Å². The van der Waals surface area contributed by atoms with Crippen molar-refractivity contribution in [2.75, 3.05) is 13.2 Å².